The van der Waals surface area contributed by atoms with E-state index >= 15 is 0 Å². The molecule has 1 aromatic carbocycles. The van der Waals surface area contributed by atoms with Crippen molar-refractivity contribution < 1.29 is 4.79 Å². The zero-order chi connectivity index (χ0) is 25.6. The molecule has 0 unspecified atom stereocenters. The highest BCUT2D eigenvalue weighted by molar-refractivity contribution is 6.04. The lowest BCUT2D eigenvalue weighted by molar-refractivity contribution is 0.102. The number of pyridine rings is 1. The first-order chi connectivity index (χ1) is 17.9. The second kappa shape index (κ2) is 9.41. The lowest BCUT2D eigenvalue weighted by atomic mass is 9.58. The van der Waals surface area contributed by atoms with Crippen LogP contribution in [0.25, 0.3) is 11.0 Å². The Morgan fingerprint density at radius 1 is 1.24 bits per heavy atom. The number of anilines is 1. The summed E-state index contributed by atoms with van der Waals surface area (Å²) < 4.78 is 2.01. The smallest absolute Gasteiger partial charge is 0.274 e. The lowest BCUT2D eigenvalue weighted by Crippen LogP contribution is -2.43. The van der Waals surface area contributed by atoms with E-state index in [4.69, 9.17) is 0 Å². The molecule has 8 heteroatoms. The van der Waals surface area contributed by atoms with Gasteiger partial charge in [-0.1, -0.05) is 25.5 Å². The maximum absolute atomic E-state index is 13.4. The van der Waals surface area contributed by atoms with Gasteiger partial charge in [-0.25, -0.2) is 4.98 Å². The fourth-order valence-electron chi connectivity index (χ4n) is 6.23. The third kappa shape index (κ3) is 4.33. The molecule has 0 bridgehead atoms. The zero-order valence-corrected chi connectivity index (χ0v) is 21.8. The van der Waals surface area contributed by atoms with Gasteiger partial charge in [0.05, 0.1) is 16.4 Å². The van der Waals surface area contributed by atoms with Gasteiger partial charge >= 0.3 is 0 Å². The van der Waals surface area contributed by atoms with Crippen LogP contribution in [-0.2, 0) is 19.0 Å². The third-order valence-electron chi connectivity index (χ3n) is 8.51. The minimum absolute atomic E-state index is 0.177. The molecule has 3 heterocycles. The van der Waals surface area contributed by atoms with Crippen LogP contribution in [0.3, 0.4) is 0 Å². The molecule has 4 aromatic rings. The molecule has 37 heavy (non-hydrogen) atoms. The van der Waals surface area contributed by atoms with Crippen molar-refractivity contribution in [2.45, 2.75) is 64.0 Å². The minimum Gasteiger partial charge on any atom is -0.360 e. The Morgan fingerprint density at radius 2 is 2.08 bits per heavy atom. The van der Waals surface area contributed by atoms with Crippen molar-refractivity contribution in [3.63, 3.8) is 0 Å². The largest absolute Gasteiger partial charge is 0.360 e. The van der Waals surface area contributed by atoms with Crippen LogP contribution in [0.1, 0.15) is 73.4 Å². The van der Waals surface area contributed by atoms with E-state index in [1.165, 1.54) is 19.3 Å². The summed E-state index contributed by atoms with van der Waals surface area (Å²) >= 11 is 0. The van der Waals surface area contributed by atoms with E-state index in [1.807, 2.05) is 42.1 Å². The van der Waals surface area contributed by atoms with Crippen LogP contribution in [0.4, 0.5) is 5.69 Å². The Kier molecular flexibility index (Phi) is 6.07. The standard InChI is InChI=1S/C29H35N7O/c1-18-14-29(15-18,28-35-32-17-36(28)3)22-8-5-9-23(13-22)33-27(37)25-12-21(26-24(34-25)10-11-30-26)16-31-19(2)20-6-4-7-20/h5,8-13,17-20,30-31H,4,6-7,14-16H2,1-3H3,(H,33,37)/t18?,19-,29?/m0/s1. The number of rotatable bonds is 8. The molecule has 6 rings (SSSR count). The molecule has 2 aliphatic rings. The van der Waals surface area contributed by atoms with E-state index in [0.717, 1.165) is 52.4 Å². The molecular formula is C29H35N7O. The number of carbonyl (C=O) groups is 1. The van der Waals surface area contributed by atoms with Crippen LogP contribution in [0.15, 0.2) is 48.9 Å². The van der Waals surface area contributed by atoms with Crippen molar-refractivity contribution in [3.8, 4) is 0 Å². The predicted molar refractivity (Wildman–Crippen MR) is 144 cm³/mol. The molecule has 0 spiro atoms. The third-order valence-corrected chi connectivity index (χ3v) is 8.51. The Bertz CT molecular complexity index is 1430. The highest BCUT2D eigenvalue weighted by atomic mass is 16.1. The van der Waals surface area contributed by atoms with E-state index in [-0.39, 0.29) is 11.3 Å². The molecule has 2 saturated carbocycles. The van der Waals surface area contributed by atoms with Crippen LogP contribution in [0, 0.1) is 11.8 Å². The van der Waals surface area contributed by atoms with Crippen molar-refractivity contribution in [2.75, 3.05) is 5.32 Å². The topological polar surface area (TPSA) is 101 Å². The summed E-state index contributed by atoms with van der Waals surface area (Å²) in [6, 6.07) is 12.4. The molecule has 8 nitrogen and oxygen atoms in total. The fraction of sp³-hybridized carbons (Fsp3) is 0.448. The first-order valence-corrected chi connectivity index (χ1v) is 13.4. The number of hydrogen-bond donors (Lipinski definition) is 3. The van der Waals surface area contributed by atoms with Gasteiger partial charge in [-0.2, -0.15) is 0 Å². The van der Waals surface area contributed by atoms with Crippen molar-refractivity contribution in [1.82, 2.24) is 30.0 Å². The number of fused-ring (bicyclic) bond motifs is 1. The van der Waals surface area contributed by atoms with Gasteiger partial charge in [0.2, 0.25) is 0 Å². The highest BCUT2D eigenvalue weighted by Gasteiger charge is 2.48. The maximum Gasteiger partial charge on any atom is 0.274 e. The number of carbonyl (C=O) groups excluding carboxylic acids is 1. The first kappa shape index (κ1) is 23.9. The number of aryl methyl sites for hydroxylation is 1. The summed E-state index contributed by atoms with van der Waals surface area (Å²) in [7, 11) is 1.99. The Hall–Kier alpha value is -3.52. The van der Waals surface area contributed by atoms with E-state index < -0.39 is 0 Å². The summed E-state index contributed by atoms with van der Waals surface area (Å²) in [5.74, 6) is 2.14. The average Bonchev–Trinajstić information content (AvgIpc) is 3.48. The van der Waals surface area contributed by atoms with E-state index in [9.17, 15) is 4.79 Å². The molecule has 0 radical (unpaired) electrons. The summed E-state index contributed by atoms with van der Waals surface area (Å²) in [4.78, 5) is 21.3. The number of nitrogens with one attached hydrogen (secondary N) is 3. The summed E-state index contributed by atoms with van der Waals surface area (Å²) in [5, 5.41) is 15.3. The van der Waals surface area contributed by atoms with E-state index in [0.29, 0.717) is 24.2 Å². The minimum atomic E-state index is -0.205. The maximum atomic E-state index is 13.4. The molecule has 2 aliphatic carbocycles. The van der Waals surface area contributed by atoms with Gasteiger partial charge in [-0.3, -0.25) is 4.79 Å². The van der Waals surface area contributed by atoms with Crippen molar-refractivity contribution in [2.24, 2.45) is 18.9 Å². The molecule has 0 aliphatic heterocycles. The monoisotopic (exact) mass is 497 g/mol. The van der Waals surface area contributed by atoms with Gasteiger partial charge in [-0.05, 0) is 79.8 Å². The Labute approximate surface area is 217 Å². The number of hydrogen-bond acceptors (Lipinski definition) is 5. The van der Waals surface area contributed by atoms with Crippen molar-refractivity contribution in [1.29, 1.82) is 0 Å². The highest BCUT2D eigenvalue weighted by Crippen LogP contribution is 2.51. The number of H-pyrrole nitrogens is 1. The van der Waals surface area contributed by atoms with Gasteiger partial charge in [0.25, 0.3) is 5.91 Å². The van der Waals surface area contributed by atoms with Crippen molar-refractivity contribution in [3.05, 3.63) is 71.6 Å². The first-order valence-electron chi connectivity index (χ1n) is 13.4. The van der Waals surface area contributed by atoms with E-state index in [1.54, 1.807) is 6.33 Å². The van der Waals surface area contributed by atoms with Gasteiger partial charge in [0.15, 0.2) is 0 Å². The molecule has 192 valence electrons. The number of benzene rings is 1. The summed E-state index contributed by atoms with van der Waals surface area (Å²) in [5.41, 5.74) is 5.01. The van der Waals surface area contributed by atoms with Gasteiger partial charge in [0, 0.05) is 31.5 Å². The lowest BCUT2D eigenvalue weighted by Gasteiger charge is -2.46. The normalized spacial score (nSPS) is 22.4. The van der Waals surface area contributed by atoms with Gasteiger partial charge in [0.1, 0.15) is 17.8 Å². The number of aromatic amines is 1. The zero-order valence-electron chi connectivity index (χ0n) is 21.8. The number of amides is 1. The second-order valence-corrected chi connectivity index (χ2v) is 11.2. The predicted octanol–water partition coefficient (Wildman–Crippen LogP) is 4.94. The quantitative estimate of drug-likeness (QED) is 0.320. The second-order valence-electron chi connectivity index (χ2n) is 11.2. The van der Waals surface area contributed by atoms with Crippen molar-refractivity contribution >= 4 is 22.6 Å². The average molecular weight is 498 g/mol. The summed E-state index contributed by atoms with van der Waals surface area (Å²) in [6.07, 6.45) is 9.59. The van der Waals surface area contributed by atoms with Crippen LogP contribution in [0.2, 0.25) is 0 Å². The summed E-state index contributed by atoms with van der Waals surface area (Å²) in [6.45, 7) is 5.22. The molecule has 3 aromatic heterocycles. The SMILES string of the molecule is CC1CC(c2cccc(NC(=O)c3cc(CN[C@@H](C)C4CCC4)c4[nH]ccc4n3)c2)(c2nncn2C)C1. The molecule has 2 fully saturated rings. The molecule has 1 amide bonds. The van der Waals surface area contributed by atoms with Gasteiger partial charge < -0.3 is 20.2 Å². The molecular weight excluding hydrogens is 462 g/mol. The molecule has 0 saturated heterocycles. The van der Waals surface area contributed by atoms with Crippen LogP contribution in [-0.4, -0.2) is 36.7 Å². The van der Waals surface area contributed by atoms with Crippen LogP contribution < -0.4 is 10.6 Å². The van der Waals surface area contributed by atoms with Crippen LogP contribution in [0.5, 0.6) is 0 Å². The van der Waals surface area contributed by atoms with Gasteiger partial charge in [-0.15, -0.1) is 10.2 Å². The number of aromatic nitrogens is 5. The fourth-order valence-corrected chi connectivity index (χ4v) is 6.23. The Balaban J connectivity index is 1.24. The molecule has 1 atom stereocenters. The van der Waals surface area contributed by atoms with E-state index in [2.05, 4.69) is 56.8 Å². The Morgan fingerprint density at radius 3 is 2.78 bits per heavy atom. The number of nitrogens with zero attached hydrogens (tertiary/aromatic N) is 4. The van der Waals surface area contributed by atoms with Crippen LogP contribution >= 0.6 is 0 Å². The molecule has 3 N–H and O–H groups in total.